The average molecular weight is 266 g/mol. The van der Waals surface area contributed by atoms with Gasteiger partial charge in [-0.1, -0.05) is 0 Å². The number of carbonyl (C=O) groups is 1. The van der Waals surface area contributed by atoms with E-state index in [-0.39, 0.29) is 30.5 Å². The summed E-state index contributed by atoms with van der Waals surface area (Å²) in [5.41, 5.74) is 6.42. The van der Waals surface area contributed by atoms with Crippen LogP contribution in [0.3, 0.4) is 0 Å². The van der Waals surface area contributed by atoms with E-state index in [0.717, 1.165) is 25.7 Å². The molecule has 2 rings (SSSR count). The van der Waals surface area contributed by atoms with Crippen molar-refractivity contribution in [2.75, 3.05) is 11.9 Å². The van der Waals surface area contributed by atoms with Gasteiger partial charge in [-0.15, -0.1) is 0 Å². The van der Waals surface area contributed by atoms with Gasteiger partial charge < -0.3 is 15.8 Å². The molecule has 1 aliphatic carbocycles. The van der Waals surface area contributed by atoms with Gasteiger partial charge in [-0.2, -0.15) is 0 Å². The molecular formula is C14H19FN2O2. The van der Waals surface area contributed by atoms with Crippen molar-refractivity contribution in [3.63, 3.8) is 0 Å². The third-order valence-corrected chi connectivity index (χ3v) is 3.24. The van der Waals surface area contributed by atoms with Gasteiger partial charge in [0, 0.05) is 11.7 Å². The first-order chi connectivity index (χ1) is 9.13. The Morgan fingerprint density at radius 2 is 2.11 bits per heavy atom. The van der Waals surface area contributed by atoms with E-state index < -0.39 is 0 Å². The van der Waals surface area contributed by atoms with Crippen LogP contribution in [0.15, 0.2) is 24.3 Å². The maximum absolute atomic E-state index is 12.7. The van der Waals surface area contributed by atoms with Crippen LogP contribution in [0, 0.1) is 5.82 Å². The van der Waals surface area contributed by atoms with E-state index in [1.54, 1.807) is 0 Å². The molecule has 0 spiro atoms. The lowest BCUT2D eigenvalue weighted by Gasteiger charge is -2.26. The molecule has 1 fully saturated rings. The lowest BCUT2D eigenvalue weighted by Crippen LogP contribution is -2.33. The van der Waals surface area contributed by atoms with E-state index in [4.69, 9.17) is 10.5 Å². The van der Waals surface area contributed by atoms with Gasteiger partial charge in [0.05, 0.1) is 6.10 Å². The number of benzene rings is 1. The van der Waals surface area contributed by atoms with Gasteiger partial charge >= 0.3 is 0 Å². The summed E-state index contributed by atoms with van der Waals surface area (Å²) in [7, 11) is 0. The Kier molecular flexibility index (Phi) is 4.87. The summed E-state index contributed by atoms with van der Waals surface area (Å²) in [6, 6.07) is 5.82. The minimum atomic E-state index is -0.328. The Labute approximate surface area is 112 Å². The number of anilines is 1. The van der Waals surface area contributed by atoms with Crippen LogP contribution in [-0.2, 0) is 9.53 Å². The highest BCUT2D eigenvalue weighted by Gasteiger charge is 2.20. The topological polar surface area (TPSA) is 64.3 Å². The van der Waals surface area contributed by atoms with Crippen molar-refractivity contribution >= 4 is 11.6 Å². The number of amides is 1. The highest BCUT2D eigenvalue weighted by molar-refractivity contribution is 5.91. The molecular weight excluding hydrogens is 247 g/mol. The quantitative estimate of drug-likeness (QED) is 0.876. The molecule has 0 saturated heterocycles. The highest BCUT2D eigenvalue weighted by Crippen LogP contribution is 2.19. The van der Waals surface area contributed by atoms with E-state index in [9.17, 15) is 9.18 Å². The number of halogens is 1. The zero-order valence-electron chi connectivity index (χ0n) is 10.8. The Hall–Kier alpha value is -1.46. The van der Waals surface area contributed by atoms with E-state index in [1.807, 2.05) is 0 Å². The van der Waals surface area contributed by atoms with E-state index in [1.165, 1.54) is 24.3 Å². The van der Waals surface area contributed by atoms with Crippen LogP contribution >= 0.6 is 0 Å². The van der Waals surface area contributed by atoms with Gasteiger partial charge in [0.15, 0.2) is 0 Å². The smallest absolute Gasteiger partial charge is 0.250 e. The van der Waals surface area contributed by atoms with Gasteiger partial charge in [-0.05, 0) is 49.9 Å². The second kappa shape index (κ2) is 6.63. The third kappa shape index (κ3) is 4.61. The monoisotopic (exact) mass is 266 g/mol. The number of carbonyl (C=O) groups excluding carboxylic acids is 1. The van der Waals surface area contributed by atoms with Crippen molar-refractivity contribution in [1.29, 1.82) is 0 Å². The molecule has 1 aromatic rings. The van der Waals surface area contributed by atoms with Crippen molar-refractivity contribution in [3.8, 4) is 0 Å². The first-order valence-electron chi connectivity index (χ1n) is 6.56. The Bertz CT molecular complexity index is 422. The highest BCUT2D eigenvalue weighted by atomic mass is 19.1. The first-order valence-corrected chi connectivity index (χ1v) is 6.56. The van der Waals surface area contributed by atoms with Crippen LogP contribution < -0.4 is 11.1 Å². The minimum absolute atomic E-state index is 0.00869. The number of hydrogen-bond donors (Lipinski definition) is 2. The number of ether oxygens (including phenoxy) is 1. The van der Waals surface area contributed by atoms with Crippen molar-refractivity contribution < 1.29 is 13.9 Å². The van der Waals surface area contributed by atoms with Gasteiger partial charge in [-0.3, -0.25) is 4.79 Å². The van der Waals surface area contributed by atoms with E-state index in [0.29, 0.717) is 5.69 Å². The van der Waals surface area contributed by atoms with Crippen LogP contribution in [0.2, 0.25) is 0 Å². The minimum Gasteiger partial charge on any atom is -0.368 e. The summed E-state index contributed by atoms with van der Waals surface area (Å²) in [4.78, 5) is 11.7. The summed E-state index contributed by atoms with van der Waals surface area (Å²) in [5, 5.41) is 2.66. The number of rotatable bonds is 4. The second-order valence-corrected chi connectivity index (χ2v) is 4.91. The molecule has 1 amide bonds. The number of hydrogen-bond acceptors (Lipinski definition) is 3. The second-order valence-electron chi connectivity index (χ2n) is 4.91. The molecule has 0 radical (unpaired) electrons. The van der Waals surface area contributed by atoms with Crippen LogP contribution in [0.5, 0.6) is 0 Å². The SMILES string of the molecule is NC1CCCC(OCC(=O)Nc2ccc(F)cc2)C1. The lowest BCUT2D eigenvalue weighted by molar-refractivity contribution is -0.123. The van der Waals surface area contributed by atoms with Gasteiger partial charge in [0.2, 0.25) is 5.91 Å². The van der Waals surface area contributed by atoms with Crippen LogP contribution in [0.4, 0.5) is 10.1 Å². The van der Waals surface area contributed by atoms with Crippen molar-refractivity contribution in [2.24, 2.45) is 5.73 Å². The molecule has 1 aliphatic rings. The van der Waals surface area contributed by atoms with Crippen LogP contribution in [-0.4, -0.2) is 24.7 Å². The standard InChI is InChI=1S/C14H19FN2O2/c15-10-4-6-12(7-5-10)17-14(18)9-19-13-3-1-2-11(16)8-13/h4-7,11,13H,1-3,8-9,16H2,(H,17,18). The molecule has 19 heavy (non-hydrogen) atoms. The summed E-state index contributed by atoms with van der Waals surface area (Å²) < 4.78 is 18.2. The molecule has 4 nitrogen and oxygen atoms in total. The summed E-state index contributed by atoms with van der Waals surface area (Å²) in [6.45, 7) is 0.00869. The number of nitrogens with one attached hydrogen (secondary N) is 1. The average Bonchev–Trinajstić information content (AvgIpc) is 2.39. The normalized spacial score (nSPS) is 23.1. The predicted octanol–water partition coefficient (Wildman–Crippen LogP) is 2.05. The summed E-state index contributed by atoms with van der Waals surface area (Å²) >= 11 is 0. The molecule has 2 unspecified atom stereocenters. The van der Waals surface area contributed by atoms with Gasteiger partial charge in [0.25, 0.3) is 0 Å². The van der Waals surface area contributed by atoms with Gasteiger partial charge in [-0.25, -0.2) is 4.39 Å². The third-order valence-electron chi connectivity index (χ3n) is 3.24. The Morgan fingerprint density at radius 1 is 1.37 bits per heavy atom. The van der Waals surface area contributed by atoms with Crippen LogP contribution in [0.1, 0.15) is 25.7 Å². The molecule has 0 aromatic heterocycles. The molecule has 1 aromatic carbocycles. The van der Waals surface area contributed by atoms with Gasteiger partial charge in [0.1, 0.15) is 12.4 Å². The van der Waals surface area contributed by atoms with E-state index >= 15 is 0 Å². The maximum atomic E-state index is 12.7. The zero-order chi connectivity index (χ0) is 13.7. The largest absolute Gasteiger partial charge is 0.368 e. The number of nitrogens with two attached hydrogens (primary N) is 1. The predicted molar refractivity (Wildman–Crippen MR) is 71.2 cm³/mol. The summed E-state index contributed by atoms with van der Waals surface area (Å²) in [6.07, 6.45) is 3.91. The zero-order valence-corrected chi connectivity index (χ0v) is 10.8. The summed E-state index contributed by atoms with van der Waals surface area (Å²) in [5.74, 6) is -0.559. The Morgan fingerprint density at radius 3 is 2.79 bits per heavy atom. The molecule has 0 aliphatic heterocycles. The van der Waals surface area contributed by atoms with E-state index in [2.05, 4.69) is 5.32 Å². The fourth-order valence-corrected chi connectivity index (χ4v) is 2.26. The molecule has 2 atom stereocenters. The Balaban J connectivity index is 1.73. The van der Waals surface area contributed by atoms with Crippen LogP contribution in [0.25, 0.3) is 0 Å². The maximum Gasteiger partial charge on any atom is 0.250 e. The molecule has 3 N–H and O–H groups in total. The first kappa shape index (κ1) is 14.0. The lowest BCUT2D eigenvalue weighted by atomic mass is 9.94. The molecule has 0 bridgehead atoms. The molecule has 104 valence electrons. The molecule has 0 heterocycles. The van der Waals surface area contributed by atoms with Crippen molar-refractivity contribution in [1.82, 2.24) is 0 Å². The molecule has 1 saturated carbocycles. The van der Waals surface area contributed by atoms with Crippen molar-refractivity contribution in [3.05, 3.63) is 30.1 Å². The fourth-order valence-electron chi connectivity index (χ4n) is 2.26. The fraction of sp³-hybridized carbons (Fsp3) is 0.500. The van der Waals surface area contributed by atoms with Crippen molar-refractivity contribution in [2.45, 2.75) is 37.8 Å². The molecule has 5 heteroatoms.